The predicted octanol–water partition coefficient (Wildman–Crippen LogP) is 7.61. The average Bonchev–Trinajstić information content (AvgIpc) is 2.93. The molecule has 6 rings (SSSR count). The van der Waals surface area contributed by atoms with E-state index in [-0.39, 0.29) is 5.41 Å². The molecule has 0 saturated carbocycles. The second kappa shape index (κ2) is 5.42. The summed E-state index contributed by atoms with van der Waals surface area (Å²) in [5.41, 5.74) is 6.06. The fraction of sp³-hybridized carbons (Fsp3) is 0.115. The van der Waals surface area contributed by atoms with Crippen molar-refractivity contribution >= 4 is 48.4 Å². The van der Waals surface area contributed by atoms with Gasteiger partial charge in [-0.3, -0.25) is 0 Å². The van der Waals surface area contributed by atoms with Crippen molar-refractivity contribution in [3.05, 3.63) is 88.4 Å². The van der Waals surface area contributed by atoms with Crippen LogP contribution < -0.4 is 0 Å². The predicted molar refractivity (Wildman–Crippen MR) is 122 cm³/mol. The van der Waals surface area contributed by atoms with Crippen LogP contribution in [0.2, 0.25) is 0 Å². The SMILES string of the molecule is CC1(C)c2cc(Br)ccc2-c2nc3c4ccccc4c4ccccc4c3cc21. The van der Waals surface area contributed by atoms with E-state index in [9.17, 15) is 0 Å². The molecule has 0 bridgehead atoms. The normalized spacial score (nSPS) is 14.5. The van der Waals surface area contributed by atoms with Gasteiger partial charge in [0.1, 0.15) is 0 Å². The minimum atomic E-state index is -0.0671. The number of nitrogens with zero attached hydrogens (tertiary/aromatic N) is 1. The third kappa shape index (κ3) is 1.99. The maximum atomic E-state index is 5.29. The third-order valence-electron chi connectivity index (χ3n) is 6.30. The Hall–Kier alpha value is -2.71. The van der Waals surface area contributed by atoms with Crippen molar-refractivity contribution in [2.75, 3.05) is 0 Å². The first-order chi connectivity index (χ1) is 13.6. The quantitative estimate of drug-likeness (QED) is 0.233. The Morgan fingerprint density at radius 2 is 1.29 bits per heavy atom. The highest BCUT2D eigenvalue weighted by molar-refractivity contribution is 9.10. The number of fused-ring (bicyclic) bond motifs is 9. The molecule has 0 radical (unpaired) electrons. The molecule has 4 aromatic carbocycles. The first-order valence-corrected chi connectivity index (χ1v) is 10.4. The average molecular weight is 424 g/mol. The van der Waals surface area contributed by atoms with Crippen molar-refractivity contribution in [1.29, 1.82) is 0 Å². The Kier molecular flexibility index (Phi) is 3.15. The van der Waals surface area contributed by atoms with Crippen molar-refractivity contribution in [1.82, 2.24) is 4.98 Å². The maximum Gasteiger partial charge on any atom is 0.0794 e. The highest BCUT2D eigenvalue weighted by Gasteiger charge is 2.37. The van der Waals surface area contributed by atoms with E-state index in [1.54, 1.807) is 0 Å². The number of hydrogen-bond donors (Lipinski definition) is 0. The molecular weight excluding hydrogens is 406 g/mol. The molecule has 0 aliphatic heterocycles. The molecule has 0 N–H and O–H groups in total. The number of pyridine rings is 1. The van der Waals surface area contributed by atoms with E-state index in [0.717, 1.165) is 15.7 Å². The fourth-order valence-electron chi connectivity index (χ4n) is 4.87. The molecule has 0 spiro atoms. The van der Waals surface area contributed by atoms with Crippen LogP contribution >= 0.6 is 15.9 Å². The molecule has 1 heterocycles. The number of benzene rings is 4. The second-order valence-corrected chi connectivity index (χ2v) is 9.10. The summed E-state index contributed by atoms with van der Waals surface area (Å²) in [6.07, 6.45) is 0. The van der Waals surface area contributed by atoms with Gasteiger partial charge >= 0.3 is 0 Å². The summed E-state index contributed by atoms with van der Waals surface area (Å²) >= 11 is 3.65. The van der Waals surface area contributed by atoms with Crippen LogP contribution in [0, 0.1) is 0 Å². The van der Waals surface area contributed by atoms with E-state index < -0.39 is 0 Å². The van der Waals surface area contributed by atoms with Crippen LogP contribution in [0.5, 0.6) is 0 Å². The summed E-state index contributed by atoms with van der Waals surface area (Å²) < 4.78 is 1.12. The third-order valence-corrected chi connectivity index (χ3v) is 6.79. The summed E-state index contributed by atoms with van der Waals surface area (Å²) in [4.78, 5) is 5.29. The molecule has 1 aliphatic carbocycles. The second-order valence-electron chi connectivity index (χ2n) is 8.19. The lowest BCUT2D eigenvalue weighted by Crippen LogP contribution is -2.15. The fourth-order valence-corrected chi connectivity index (χ4v) is 5.23. The molecule has 1 aliphatic rings. The molecule has 0 unspecified atom stereocenters. The Bertz CT molecular complexity index is 1450. The maximum absolute atomic E-state index is 5.29. The van der Waals surface area contributed by atoms with Crippen LogP contribution in [0.4, 0.5) is 0 Å². The van der Waals surface area contributed by atoms with Crippen molar-refractivity contribution in [2.24, 2.45) is 0 Å². The highest BCUT2D eigenvalue weighted by atomic mass is 79.9. The van der Waals surface area contributed by atoms with Gasteiger partial charge in [0.2, 0.25) is 0 Å². The van der Waals surface area contributed by atoms with Crippen LogP contribution in [0.15, 0.2) is 77.3 Å². The van der Waals surface area contributed by atoms with Gasteiger partial charge in [-0.2, -0.15) is 0 Å². The molecule has 1 nitrogen and oxygen atoms in total. The molecule has 0 amide bonds. The van der Waals surface area contributed by atoms with Gasteiger partial charge in [-0.05, 0) is 45.5 Å². The summed E-state index contributed by atoms with van der Waals surface area (Å²) in [6, 6.07) is 26.3. The topological polar surface area (TPSA) is 12.9 Å². The van der Waals surface area contributed by atoms with Crippen LogP contribution in [-0.2, 0) is 5.41 Å². The number of aromatic nitrogens is 1. The van der Waals surface area contributed by atoms with E-state index in [0.29, 0.717) is 0 Å². The monoisotopic (exact) mass is 423 g/mol. The Morgan fingerprint density at radius 3 is 2.00 bits per heavy atom. The van der Waals surface area contributed by atoms with E-state index in [4.69, 9.17) is 4.98 Å². The minimum absolute atomic E-state index is 0.0671. The van der Waals surface area contributed by atoms with Crippen molar-refractivity contribution < 1.29 is 0 Å². The van der Waals surface area contributed by atoms with Crippen molar-refractivity contribution in [2.45, 2.75) is 19.3 Å². The van der Waals surface area contributed by atoms with Crippen LogP contribution in [0.3, 0.4) is 0 Å². The first-order valence-electron chi connectivity index (χ1n) is 9.61. The van der Waals surface area contributed by atoms with Gasteiger partial charge < -0.3 is 0 Å². The van der Waals surface area contributed by atoms with Crippen molar-refractivity contribution in [3.63, 3.8) is 0 Å². The Balaban J connectivity index is 1.85. The van der Waals surface area contributed by atoms with Gasteiger partial charge in [-0.1, -0.05) is 84.4 Å². The van der Waals surface area contributed by atoms with E-state index in [2.05, 4.69) is 103 Å². The number of hydrogen-bond acceptors (Lipinski definition) is 1. The van der Waals surface area contributed by atoms with Gasteiger partial charge in [0, 0.05) is 26.2 Å². The van der Waals surface area contributed by atoms with Crippen LogP contribution in [0.25, 0.3) is 43.7 Å². The van der Waals surface area contributed by atoms with Gasteiger partial charge in [-0.15, -0.1) is 0 Å². The Morgan fingerprint density at radius 1 is 0.679 bits per heavy atom. The molecular formula is C26H18BrN. The number of halogens is 1. The molecule has 0 atom stereocenters. The zero-order valence-corrected chi connectivity index (χ0v) is 17.3. The lowest BCUT2D eigenvalue weighted by atomic mass is 9.82. The minimum Gasteiger partial charge on any atom is -0.247 e. The number of rotatable bonds is 0. The van der Waals surface area contributed by atoms with Crippen LogP contribution in [-0.4, -0.2) is 4.98 Å². The highest BCUT2D eigenvalue weighted by Crippen LogP contribution is 2.50. The Labute approximate surface area is 172 Å². The summed E-state index contributed by atoms with van der Waals surface area (Å²) in [5, 5.41) is 6.31. The largest absolute Gasteiger partial charge is 0.247 e. The molecule has 0 fully saturated rings. The lowest BCUT2D eigenvalue weighted by molar-refractivity contribution is 0.660. The van der Waals surface area contributed by atoms with Crippen molar-refractivity contribution in [3.8, 4) is 11.3 Å². The molecule has 2 heteroatoms. The van der Waals surface area contributed by atoms with E-state index >= 15 is 0 Å². The summed E-state index contributed by atoms with van der Waals surface area (Å²) in [5.74, 6) is 0. The summed E-state index contributed by atoms with van der Waals surface area (Å²) in [6.45, 7) is 4.61. The smallest absolute Gasteiger partial charge is 0.0794 e. The zero-order chi connectivity index (χ0) is 19.0. The molecule has 134 valence electrons. The molecule has 5 aromatic rings. The first kappa shape index (κ1) is 16.3. The van der Waals surface area contributed by atoms with E-state index in [1.165, 1.54) is 43.6 Å². The molecule has 28 heavy (non-hydrogen) atoms. The molecule has 1 aromatic heterocycles. The summed E-state index contributed by atoms with van der Waals surface area (Å²) in [7, 11) is 0. The zero-order valence-electron chi connectivity index (χ0n) is 15.8. The standard InChI is InChI=1S/C26H18BrN/c1-26(2)22-13-15(27)11-12-20(22)25-23(26)14-21-18-9-4-3-7-16(18)17-8-5-6-10-19(17)24(21)28-25/h3-14H,1-2H3. The van der Waals surface area contributed by atoms with Gasteiger partial charge in [0.15, 0.2) is 0 Å². The van der Waals surface area contributed by atoms with E-state index in [1.807, 2.05) is 0 Å². The van der Waals surface area contributed by atoms with Gasteiger partial charge in [0.25, 0.3) is 0 Å². The molecule has 0 saturated heterocycles. The van der Waals surface area contributed by atoms with Crippen LogP contribution in [0.1, 0.15) is 25.0 Å². The van der Waals surface area contributed by atoms with Gasteiger partial charge in [0.05, 0.1) is 11.2 Å². The van der Waals surface area contributed by atoms with Gasteiger partial charge in [-0.25, -0.2) is 4.98 Å². The lowest BCUT2D eigenvalue weighted by Gasteiger charge is -2.22.